The van der Waals surface area contributed by atoms with E-state index in [1.165, 1.54) is 5.56 Å². The van der Waals surface area contributed by atoms with Gasteiger partial charge in [0.25, 0.3) is 0 Å². The first-order chi connectivity index (χ1) is 11.4. The molecule has 0 amide bonds. The van der Waals surface area contributed by atoms with Crippen LogP contribution in [0.3, 0.4) is 0 Å². The van der Waals surface area contributed by atoms with E-state index in [1.54, 1.807) is 13.3 Å². The molecule has 2 aromatic carbocycles. The molecule has 0 saturated carbocycles. The minimum atomic E-state index is 0.751. The number of para-hydroxylation sites is 1. The van der Waals surface area contributed by atoms with Gasteiger partial charge in [0.1, 0.15) is 5.82 Å². The fourth-order valence-corrected chi connectivity index (χ4v) is 2.95. The van der Waals surface area contributed by atoms with Crippen molar-refractivity contribution in [3.63, 3.8) is 0 Å². The first-order valence-electron chi connectivity index (χ1n) is 7.54. The van der Waals surface area contributed by atoms with E-state index in [0.29, 0.717) is 0 Å². The van der Waals surface area contributed by atoms with Crippen LogP contribution in [0.4, 0.5) is 11.5 Å². The Labute approximate surface area is 135 Å². The molecule has 0 saturated heterocycles. The lowest BCUT2D eigenvalue weighted by Crippen LogP contribution is -2.18. The van der Waals surface area contributed by atoms with Gasteiger partial charge in [0.05, 0.1) is 12.8 Å². The fourth-order valence-electron chi connectivity index (χ4n) is 2.95. The topological polar surface area (TPSA) is 25.4 Å². The van der Waals surface area contributed by atoms with Gasteiger partial charge < -0.3 is 4.74 Å². The summed E-state index contributed by atoms with van der Waals surface area (Å²) in [4.78, 5) is 6.56. The Hall–Kier alpha value is -3.07. The first kappa shape index (κ1) is 13.6. The maximum absolute atomic E-state index is 5.70. The van der Waals surface area contributed by atoms with Gasteiger partial charge in [0, 0.05) is 17.8 Å². The molecule has 0 N–H and O–H groups in total. The molecule has 0 aliphatic carbocycles. The van der Waals surface area contributed by atoms with E-state index in [0.717, 1.165) is 28.5 Å². The van der Waals surface area contributed by atoms with E-state index in [2.05, 4.69) is 52.4 Å². The van der Waals surface area contributed by atoms with Gasteiger partial charge in [-0.1, -0.05) is 48.5 Å². The summed E-state index contributed by atoms with van der Waals surface area (Å²) in [6.07, 6.45) is 3.85. The maximum atomic E-state index is 5.70. The molecule has 3 heteroatoms. The van der Waals surface area contributed by atoms with E-state index < -0.39 is 0 Å². The van der Waals surface area contributed by atoms with Gasteiger partial charge in [0.2, 0.25) is 0 Å². The lowest BCUT2D eigenvalue weighted by molar-refractivity contribution is 0.290. The Kier molecular flexibility index (Phi) is 3.31. The summed E-state index contributed by atoms with van der Waals surface area (Å²) in [5.74, 6) is 1.59. The normalized spacial score (nSPS) is 12.7. The van der Waals surface area contributed by atoms with Crippen molar-refractivity contribution in [1.29, 1.82) is 0 Å². The van der Waals surface area contributed by atoms with Crippen LogP contribution >= 0.6 is 0 Å². The van der Waals surface area contributed by atoms with Crippen molar-refractivity contribution in [2.24, 2.45) is 0 Å². The minimum absolute atomic E-state index is 0.751. The number of fused-ring (bicyclic) bond motifs is 3. The third-order valence-corrected chi connectivity index (χ3v) is 3.98. The number of aromatic nitrogens is 1. The van der Waals surface area contributed by atoms with E-state index in [-0.39, 0.29) is 0 Å². The van der Waals surface area contributed by atoms with Gasteiger partial charge in [-0.3, -0.25) is 4.90 Å². The monoisotopic (exact) mass is 300 g/mol. The number of ether oxygens (including phenoxy) is 1. The van der Waals surface area contributed by atoms with E-state index in [4.69, 9.17) is 4.74 Å². The average Bonchev–Trinajstić information content (AvgIpc) is 2.77. The highest BCUT2D eigenvalue weighted by atomic mass is 16.5. The van der Waals surface area contributed by atoms with Crippen molar-refractivity contribution >= 4 is 17.6 Å². The number of methoxy groups -OCH3 is 1. The molecule has 0 spiro atoms. The number of anilines is 2. The fraction of sp³-hybridized carbons (Fsp3) is 0.0500. The molecule has 0 radical (unpaired) electrons. The zero-order valence-electron chi connectivity index (χ0n) is 12.8. The highest BCUT2D eigenvalue weighted by molar-refractivity contribution is 5.91. The van der Waals surface area contributed by atoms with Gasteiger partial charge in [-0.05, 0) is 29.3 Å². The molecule has 1 aromatic heterocycles. The predicted octanol–water partition coefficient (Wildman–Crippen LogP) is 4.85. The number of hydrogen-bond acceptors (Lipinski definition) is 3. The Bertz CT molecular complexity index is 872. The van der Waals surface area contributed by atoms with Gasteiger partial charge in [-0.15, -0.1) is 0 Å². The van der Waals surface area contributed by atoms with Crippen LogP contribution in [-0.2, 0) is 4.74 Å². The minimum Gasteiger partial charge on any atom is -0.482 e. The molecule has 1 aliphatic rings. The van der Waals surface area contributed by atoms with Gasteiger partial charge in [0.15, 0.2) is 5.88 Å². The van der Waals surface area contributed by atoms with Crippen molar-refractivity contribution in [3.05, 3.63) is 84.4 Å². The largest absolute Gasteiger partial charge is 0.482 e. The second kappa shape index (κ2) is 5.61. The number of rotatable bonds is 2. The van der Waals surface area contributed by atoms with Crippen LogP contribution < -0.4 is 4.90 Å². The second-order valence-corrected chi connectivity index (χ2v) is 5.31. The van der Waals surface area contributed by atoms with Gasteiger partial charge in [-0.2, -0.15) is 0 Å². The Balaban J connectivity index is 2.04. The highest BCUT2D eigenvalue weighted by Crippen LogP contribution is 2.41. The van der Waals surface area contributed by atoms with E-state index in [1.807, 2.05) is 30.3 Å². The molecule has 23 heavy (non-hydrogen) atoms. The molecular weight excluding hydrogens is 284 g/mol. The molecule has 2 heterocycles. The molecule has 112 valence electrons. The van der Waals surface area contributed by atoms with Gasteiger partial charge >= 0.3 is 0 Å². The summed E-state index contributed by atoms with van der Waals surface area (Å²) < 4.78 is 5.70. The second-order valence-electron chi connectivity index (χ2n) is 5.31. The summed E-state index contributed by atoms with van der Waals surface area (Å²) in [5.41, 5.74) is 4.55. The molecule has 1 aliphatic heterocycles. The Morgan fingerprint density at radius 1 is 0.826 bits per heavy atom. The number of hydrogen-bond donors (Lipinski definition) is 0. The lowest BCUT2D eigenvalue weighted by atomic mass is 9.99. The number of benzene rings is 2. The highest BCUT2D eigenvalue weighted by Gasteiger charge is 2.24. The predicted molar refractivity (Wildman–Crippen MR) is 93.2 cm³/mol. The van der Waals surface area contributed by atoms with Crippen molar-refractivity contribution in [2.45, 2.75) is 0 Å². The van der Waals surface area contributed by atoms with Crippen LogP contribution in [0.5, 0.6) is 0 Å². The summed E-state index contributed by atoms with van der Waals surface area (Å²) in [7, 11) is 1.69. The van der Waals surface area contributed by atoms with Crippen molar-refractivity contribution in [3.8, 4) is 11.1 Å². The maximum Gasteiger partial charge on any atom is 0.200 e. The molecule has 0 atom stereocenters. The summed E-state index contributed by atoms with van der Waals surface area (Å²) in [6.45, 7) is 0. The SMILES string of the molecule is COC1=Cc2ccccc2-c2ccccc2N1c1ccccn1. The number of pyridine rings is 1. The molecule has 0 fully saturated rings. The Morgan fingerprint density at radius 2 is 1.57 bits per heavy atom. The van der Waals surface area contributed by atoms with Crippen molar-refractivity contribution < 1.29 is 4.74 Å². The van der Waals surface area contributed by atoms with Crippen LogP contribution in [0.2, 0.25) is 0 Å². The quantitative estimate of drug-likeness (QED) is 0.677. The van der Waals surface area contributed by atoms with Crippen molar-refractivity contribution in [1.82, 2.24) is 4.98 Å². The first-order valence-corrected chi connectivity index (χ1v) is 7.54. The van der Waals surface area contributed by atoms with Crippen LogP contribution in [-0.4, -0.2) is 12.1 Å². The number of nitrogens with zero attached hydrogens (tertiary/aromatic N) is 2. The van der Waals surface area contributed by atoms with E-state index >= 15 is 0 Å². The zero-order chi connectivity index (χ0) is 15.6. The molecular formula is C20H16N2O. The van der Waals surface area contributed by atoms with Gasteiger partial charge in [-0.25, -0.2) is 4.98 Å². The average molecular weight is 300 g/mol. The molecule has 0 unspecified atom stereocenters. The zero-order valence-corrected chi connectivity index (χ0v) is 12.8. The molecule has 3 nitrogen and oxygen atoms in total. The lowest BCUT2D eigenvalue weighted by Gasteiger charge is -2.25. The smallest absolute Gasteiger partial charge is 0.200 e. The Morgan fingerprint density at radius 3 is 2.35 bits per heavy atom. The third kappa shape index (κ3) is 2.27. The van der Waals surface area contributed by atoms with Crippen LogP contribution in [0.15, 0.2) is 78.8 Å². The summed E-state index contributed by atoms with van der Waals surface area (Å²) in [6, 6.07) is 22.6. The molecule has 0 bridgehead atoms. The van der Waals surface area contributed by atoms with Crippen LogP contribution in [0.25, 0.3) is 17.2 Å². The molecule has 3 aromatic rings. The third-order valence-electron chi connectivity index (χ3n) is 3.98. The summed E-state index contributed by atoms with van der Waals surface area (Å²) >= 11 is 0. The molecule has 4 rings (SSSR count). The standard InChI is InChI=1S/C20H16N2O/c1-23-20-14-15-8-2-3-9-16(15)17-10-4-5-11-18(17)22(20)19-12-6-7-13-21-19/h2-14H,1H3. The van der Waals surface area contributed by atoms with Crippen LogP contribution in [0, 0.1) is 0 Å². The van der Waals surface area contributed by atoms with Crippen molar-refractivity contribution in [2.75, 3.05) is 12.0 Å². The van der Waals surface area contributed by atoms with Crippen LogP contribution in [0.1, 0.15) is 5.56 Å². The van der Waals surface area contributed by atoms with E-state index in [9.17, 15) is 0 Å². The summed E-state index contributed by atoms with van der Waals surface area (Å²) in [5, 5.41) is 0.